The number of carbonyl (C=O) groups is 2. The monoisotopic (exact) mass is 355 g/mol. The second-order valence-electron chi connectivity index (χ2n) is 8.58. The zero-order chi connectivity index (χ0) is 18.1. The summed E-state index contributed by atoms with van der Waals surface area (Å²) in [6.07, 6.45) is 3.29. The third-order valence-electron chi connectivity index (χ3n) is 6.95. The number of hydrogen-bond acceptors (Lipinski definition) is 4. The number of fused-ring (bicyclic) bond motifs is 3. The molecule has 5 nitrogen and oxygen atoms in total. The molecule has 1 aromatic carbocycles. The van der Waals surface area contributed by atoms with E-state index in [1.165, 1.54) is 0 Å². The minimum absolute atomic E-state index is 0.00112. The summed E-state index contributed by atoms with van der Waals surface area (Å²) in [5, 5.41) is 9.67. The summed E-state index contributed by atoms with van der Waals surface area (Å²) in [5.74, 6) is 1.56. The topological polar surface area (TPSA) is 66.8 Å². The van der Waals surface area contributed by atoms with Crippen LogP contribution in [-0.2, 0) is 4.79 Å². The molecule has 3 fully saturated rings. The van der Waals surface area contributed by atoms with Gasteiger partial charge in [-0.15, -0.1) is 0 Å². The first-order chi connectivity index (χ1) is 12.5. The van der Waals surface area contributed by atoms with Crippen LogP contribution < -0.4 is 4.74 Å². The van der Waals surface area contributed by atoms with Crippen molar-refractivity contribution < 1.29 is 19.4 Å². The van der Waals surface area contributed by atoms with Crippen molar-refractivity contribution in [3.63, 3.8) is 0 Å². The summed E-state index contributed by atoms with van der Waals surface area (Å²) in [5.41, 5.74) is 1.26. The number of ether oxygens (including phenoxy) is 1. The van der Waals surface area contributed by atoms with Crippen LogP contribution in [0.4, 0.5) is 0 Å². The number of likely N-dealkylation sites (tertiary alicyclic amines) is 1. The van der Waals surface area contributed by atoms with E-state index in [1.54, 1.807) is 0 Å². The maximum atomic E-state index is 13.0. The van der Waals surface area contributed by atoms with Gasteiger partial charge in [0.25, 0.3) is 0 Å². The molecular weight excluding hydrogens is 330 g/mol. The number of carbonyl (C=O) groups excluding carboxylic acids is 2. The minimum atomic E-state index is -0.486. The highest BCUT2D eigenvalue weighted by atomic mass is 16.5. The van der Waals surface area contributed by atoms with E-state index >= 15 is 0 Å². The van der Waals surface area contributed by atoms with Gasteiger partial charge in [-0.3, -0.25) is 9.59 Å². The summed E-state index contributed by atoms with van der Waals surface area (Å²) in [7, 11) is 0. The van der Waals surface area contributed by atoms with Crippen LogP contribution in [0.2, 0.25) is 0 Å². The number of piperidine rings is 1. The highest BCUT2D eigenvalue weighted by Crippen LogP contribution is 2.66. The van der Waals surface area contributed by atoms with Crippen LogP contribution in [0.5, 0.6) is 5.75 Å². The normalized spacial score (nSPS) is 35.8. The average molecular weight is 355 g/mol. The summed E-state index contributed by atoms with van der Waals surface area (Å²) < 4.78 is 6.41. The molecule has 5 heteroatoms. The fourth-order valence-corrected chi connectivity index (χ4v) is 5.56. The number of aryl methyl sites for hydroxylation is 1. The Labute approximate surface area is 153 Å². The van der Waals surface area contributed by atoms with Crippen molar-refractivity contribution in [1.82, 2.24) is 4.90 Å². The molecule has 1 spiro atoms. The first-order valence-electron chi connectivity index (χ1n) is 9.78. The lowest BCUT2D eigenvalue weighted by molar-refractivity contribution is -0.136. The first-order valence-corrected chi connectivity index (χ1v) is 9.78. The van der Waals surface area contributed by atoms with E-state index in [2.05, 4.69) is 0 Å². The van der Waals surface area contributed by atoms with Crippen molar-refractivity contribution in [2.45, 2.75) is 50.7 Å². The molecule has 26 heavy (non-hydrogen) atoms. The number of aliphatic hydroxyl groups is 1. The molecule has 2 saturated carbocycles. The van der Waals surface area contributed by atoms with Gasteiger partial charge in [0, 0.05) is 24.9 Å². The lowest BCUT2D eigenvalue weighted by Gasteiger charge is -2.38. The van der Waals surface area contributed by atoms with E-state index in [0.717, 1.165) is 18.4 Å². The highest BCUT2D eigenvalue weighted by molar-refractivity contribution is 6.01. The Morgan fingerprint density at radius 3 is 2.81 bits per heavy atom. The van der Waals surface area contributed by atoms with Gasteiger partial charge in [0.1, 0.15) is 11.4 Å². The highest BCUT2D eigenvalue weighted by Gasteiger charge is 2.71. The minimum Gasteiger partial charge on any atom is -0.486 e. The van der Waals surface area contributed by atoms with Crippen molar-refractivity contribution >= 4 is 11.7 Å². The molecule has 1 amide bonds. The molecule has 2 heterocycles. The van der Waals surface area contributed by atoms with Crippen LogP contribution in [-0.4, -0.2) is 46.5 Å². The van der Waals surface area contributed by atoms with Gasteiger partial charge in [-0.1, -0.05) is 11.6 Å². The maximum absolute atomic E-state index is 13.0. The second-order valence-corrected chi connectivity index (χ2v) is 8.58. The molecule has 0 bridgehead atoms. The number of aliphatic hydroxyl groups excluding tert-OH is 1. The predicted molar refractivity (Wildman–Crippen MR) is 95.0 cm³/mol. The molecule has 1 saturated heterocycles. The zero-order valence-corrected chi connectivity index (χ0v) is 15.1. The Kier molecular flexibility index (Phi) is 3.48. The number of benzene rings is 1. The van der Waals surface area contributed by atoms with Crippen LogP contribution in [0.25, 0.3) is 0 Å². The van der Waals surface area contributed by atoms with Gasteiger partial charge in [0.15, 0.2) is 5.78 Å². The van der Waals surface area contributed by atoms with Gasteiger partial charge in [-0.05, 0) is 50.7 Å². The Balaban J connectivity index is 1.37. The van der Waals surface area contributed by atoms with Crippen molar-refractivity contribution in [3.05, 3.63) is 29.3 Å². The number of rotatable bonds is 1. The smallest absolute Gasteiger partial charge is 0.226 e. The van der Waals surface area contributed by atoms with Crippen molar-refractivity contribution in [2.75, 3.05) is 13.1 Å². The van der Waals surface area contributed by atoms with E-state index in [0.29, 0.717) is 49.6 Å². The largest absolute Gasteiger partial charge is 0.486 e. The summed E-state index contributed by atoms with van der Waals surface area (Å²) in [6, 6.07) is 5.79. The molecule has 0 aromatic heterocycles. The van der Waals surface area contributed by atoms with Gasteiger partial charge in [-0.2, -0.15) is 0 Å². The van der Waals surface area contributed by atoms with E-state index in [-0.39, 0.29) is 29.6 Å². The molecule has 5 rings (SSSR count). The van der Waals surface area contributed by atoms with Gasteiger partial charge in [0.2, 0.25) is 5.91 Å². The number of ketones is 1. The molecule has 2 aliphatic carbocycles. The number of Topliss-reactive ketones (excluding diaryl/α,β-unsaturated/α-hetero) is 1. The zero-order valence-electron chi connectivity index (χ0n) is 15.1. The quantitative estimate of drug-likeness (QED) is 0.840. The molecule has 0 radical (unpaired) electrons. The predicted octanol–water partition coefficient (Wildman–Crippen LogP) is 2.34. The Morgan fingerprint density at radius 1 is 1.27 bits per heavy atom. The maximum Gasteiger partial charge on any atom is 0.226 e. The van der Waals surface area contributed by atoms with Crippen LogP contribution in [0.3, 0.4) is 0 Å². The summed E-state index contributed by atoms with van der Waals surface area (Å²) in [6.45, 7) is 3.27. The van der Waals surface area contributed by atoms with Crippen LogP contribution in [0.1, 0.15) is 48.0 Å². The molecule has 0 unspecified atom stereocenters. The average Bonchev–Trinajstić information content (AvgIpc) is 3.27. The summed E-state index contributed by atoms with van der Waals surface area (Å²) >= 11 is 0. The van der Waals surface area contributed by atoms with Crippen molar-refractivity contribution in [3.8, 4) is 5.75 Å². The summed E-state index contributed by atoms with van der Waals surface area (Å²) in [4.78, 5) is 27.7. The van der Waals surface area contributed by atoms with Crippen molar-refractivity contribution in [2.24, 2.45) is 17.8 Å². The third kappa shape index (κ3) is 2.33. The van der Waals surface area contributed by atoms with Crippen LogP contribution in [0.15, 0.2) is 18.2 Å². The molecule has 4 aliphatic rings. The Bertz CT molecular complexity index is 782. The third-order valence-corrected chi connectivity index (χ3v) is 6.95. The molecule has 138 valence electrons. The van der Waals surface area contributed by atoms with E-state index in [9.17, 15) is 14.7 Å². The van der Waals surface area contributed by atoms with Gasteiger partial charge in [-0.25, -0.2) is 0 Å². The number of nitrogens with zero attached hydrogens (tertiary/aromatic N) is 1. The van der Waals surface area contributed by atoms with Gasteiger partial charge in [0.05, 0.1) is 18.1 Å². The SMILES string of the molecule is Cc1ccc2c(c1)C(=O)C[C@@]1(CC[C@H]3[C@@H](C(=O)N4CCC(O)CC4)[C@@H]31)O2. The molecule has 2 aliphatic heterocycles. The fourth-order valence-electron chi connectivity index (χ4n) is 5.56. The van der Waals surface area contributed by atoms with Crippen LogP contribution in [0, 0.1) is 24.7 Å². The fraction of sp³-hybridized carbons (Fsp3) is 0.619. The number of hydrogen-bond donors (Lipinski definition) is 1. The number of amides is 1. The first kappa shape index (κ1) is 16.3. The lowest BCUT2D eigenvalue weighted by Crippen LogP contribution is -2.46. The standard InChI is InChI=1S/C21H25NO4/c1-12-2-3-17-15(10-12)16(24)11-21(26-17)7-4-14-18(19(14)21)20(25)22-8-5-13(23)6-9-22/h2-3,10,13-14,18-19,23H,4-9,11H2,1H3/t14-,18+,19+,21+/m0/s1. The molecule has 1 aromatic rings. The lowest BCUT2D eigenvalue weighted by atomic mass is 9.83. The van der Waals surface area contributed by atoms with E-state index < -0.39 is 5.60 Å². The Morgan fingerprint density at radius 2 is 2.04 bits per heavy atom. The van der Waals surface area contributed by atoms with E-state index in [1.807, 2.05) is 30.0 Å². The molecule has 4 atom stereocenters. The second kappa shape index (κ2) is 5.56. The van der Waals surface area contributed by atoms with E-state index in [4.69, 9.17) is 4.74 Å². The van der Waals surface area contributed by atoms with Gasteiger partial charge >= 0.3 is 0 Å². The van der Waals surface area contributed by atoms with Crippen LogP contribution >= 0.6 is 0 Å². The Hall–Kier alpha value is -1.88. The van der Waals surface area contributed by atoms with Crippen molar-refractivity contribution in [1.29, 1.82) is 0 Å². The van der Waals surface area contributed by atoms with Gasteiger partial charge < -0.3 is 14.7 Å². The molecular formula is C21H25NO4. The molecule has 1 N–H and O–H groups in total.